The first-order valence-electron chi connectivity index (χ1n) is 7.73. The van der Waals surface area contributed by atoms with E-state index in [-0.39, 0.29) is 17.5 Å². The van der Waals surface area contributed by atoms with Gasteiger partial charge in [-0.2, -0.15) is 0 Å². The summed E-state index contributed by atoms with van der Waals surface area (Å²) in [6.45, 7) is 0.269. The number of carbonyl (C=O) groups is 1. The minimum atomic E-state index is -0.429. The molecule has 0 atom stereocenters. The topological polar surface area (TPSA) is 80.4 Å². The number of methoxy groups -OCH3 is 2. The molecule has 6 nitrogen and oxygen atoms in total. The quantitative estimate of drug-likeness (QED) is 0.749. The fourth-order valence-corrected chi connectivity index (χ4v) is 2.60. The minimum Gasteiger partial charge on any atom is -0.493 e. The lowest BCUT2D eigenvalue weighted by Crippen LogP contribution is -2.28. The van der Waals surface area contributed by atoms with Crippen LogP contribution in [-0.4, -0.2) is 25.1 Å². The minimum absolute atomic E-state index is 0.0826. The molecular formula is C19H18N2O4. The second-order valence-electron chi connectivity index (χ2n) is 5.45. The third-order valence-electron chi connectivity index (χ3n) is 3.93. The number of hydrogen-bond donors (Lipinski definition) is 2. The fraction of sp³-hybridized carbons (Fsp3) is 0.158. The van der Waals surface area contributed by atoms with Gasteiger partial charge in [-0.3, -0.25) is 9.59 Å². The number of rotatable bonds is 5. The number of aromatic amines is 1. The number of hydrogen-bond acceptors (Lipinski definition) is 4. The van der Waals surface area contributed by atoms with Crippen LogP contribution in [-0.2, 0) is 6.54 Å². The number of amides is 1. The van der Waals surface area contributed by atoms with Gasteiger partial charge >= 0.3 is 0 Å². The molecule has 0 fully saturated rings. The Labute approximate surface area is 144 Å². The molecule has 2 aromatic carbocycles. The number of carbonyl (C=O) groups excluding carboxylic acids is 1. The highest BCUT2D eigenvalue weighted by Crippen LogP contribution is 2.27. The molecule has 0 aliphatic rings. The predicted octanol–water partition coefficient (Wildman–Crippen LogP) is 2.48. The van der Waals surface area contributed by atoms with E-state index in [1.165, 1.54) is 6.20 Å². The summed E-state index contributed by atoms with van der Waals surface area (Å²) in [7, 11) is 3.11. The maximum Gasteiger partial charge on any atom is 0.257 e. The van der Waals surface area contributed by atoms with E-state index < -0.39 is 5.91 Å². The van der Waals surface area contributed by atoms with Gasteiger partial charge in [0.2, 0.25) is 5.43 Å². The Balaban J connectivity index is 1.79. The van der Waals surface area contributed by atoms with Crippen LogP contribution in [0.3, 0.4) is 0 Å². The Bertz CT molecular complexity index is 979. The van der Waals surface area contributed by atoms with Gasteiger partial charge in [-0.05, 0) is 29.8 Å². The van der Waals surface area contributed by atoms with Crippen molar-refractivity contribution < 1.29 is 14.3 Å². The molecule has 3 aromatic rings. The first-order valence-corrected chi connectivity index (χ1v) is 7.73. The number of pyridine rings is 1. The monoisotopic (exact) mass is 338 g/mol. The van der Waals surface area contributed by atoms with Crippen LogP contribution in [0.1, 0.15) is 15.9 Å². The second kappa shape index (κ2) is 7.09. The van der Waals surface area contributed by atoms with E-state index in [0.29, 0.717) is 22.4 Å². The van der Waals surface area contributed by atoms with Gasteiger partial charge in [0.25, 0.3) is 5.91 Å². The molecule has 0 saturated heterocycles. The van der Waals surface area contributed by atoms with Crippen molar-refractivity contribution in [3.05, 3.63) is 70.0 Å². The molecular weight excluding hydrogens is 320 g/mol. The van der Waals surface area contributed by atoms with E-state index in [4.69, 9.17) is 9.47 Å². The van der Waals surface area contributed by atoms with Gasteiger partial charge in [0.05, 0.1) is 14.2 Å². The molecule has 128 valence electrons. The van der Waals surface area contributed by atoms with E-state index in [1.54, 1.807) is 44.6 Å². The third-order valence-corrected chi connectivity index (χ3v) is 3.93. The molecule has 1 heterocycles. The molecule has 0 bridgehead atoms. The van der Waals surface area contributed by atoms with E-state index in [0.717, 1.165) is 5.56 Å². The molecule has 0 radical (unpaired) electrons. The maximum atomic E-state index is 12.4. The molecule has 3 rings (SSSR count). The van der Waals surface area contributed by atoms with Crippen molar-refractivity contribution in [3.8, 4) is 11.5 Å². The molecule has 0 unspecified atom stereocenters. The zero-order chi connectivity index (χ0) is 17.8. The van der Waals surface area contributed by atoms with Gasteiger partial charge in [-0.1, -0.05) is 18.2 Å². The van der Waals surface area contributed by atoms with Gasteiger partial charge in [-0.25, -0.2) is 0 Å². The number of ether oxygens (including phenoxy) is 2. The molecule has 0 aliphatic carbocycles. The fourth-order valence-electron chi connectivity index (χ4n) is 2.60. The average Bonchev–Trinajstić information content (AvgIpc) is 2.66. The van der Waals surface area contributed by atoms with Crippen LogP contribution in [0.2, 0.25) is 0 Å². The van der Waals surface area contributed by atoms with E-state index in [1.807, 2.05) is 12.1 Å². The Morgan fingerprint density at radius 3 is 2.60 bits per heavy atom. The molecule has 2 N–H and O–H groups in total. The van der Waals surface area contributed by atoms with Crippen LogP contribution < -0.4 is 20.2 Å². The van der Waals surface area contributed by atoms with Crippen LogP contribution in [0.5, 0.6) is 11.5 Å². The normalized spacial score (nSPS) is 10.5. The van der Waals surface area contributed by atoms with Crippen molar-refractivity contribution in [1.82, 2.24) is 10.3 Å². The lowest BCUT2D eigenvalue weighted by Gasteiger charge is -2.10. The number of para-hydroxylation sites is 1. The lowest BCUT2D eigenvalue weighted by molar-refractivity contribution is 0.0949. The van der Waals surface area contributed by atoms with Crippen molar-refractivity contribution in [3.63, 3.8) is 0 Å². The number of fused-ring (bicyclic) bond motifs is 1. The summed E-state index contributed by atoms with van der Waals surface area (Å²) in [6, 6.07) is 12.5. The first-order chi connectivity index (χ1) is 12.1. The van der Waals surface area contributed by atoms with E-state index >= 15 is 0 Å². The highest BCUT2D eigenvalue weighted by Gasteiger charge is 2.13. The smallest absolute Gasteiger partial charge is 0.257 e. The molecule has 0 saturated carbocycles. The maximum absolute atomic E-state index is 12.4. The van der Waals surface area contributed by atoms with E-state index in [9.17, 15) is 9.59 Å². The average molecular weight is 338 g/mol. The van der Waals surface area contributed by atoms with Crippen molar-refractivity contribution in [1.29, 1.82) is 0 Å². The van der Waals surface area contributed by atoms with Crippen molar-refractivity contribution >= 4 is 16.8 Å². The van der Waals surface area contributed by atoms with Crippen molar-refractivity contribution in [2.24, 2.45) is 0 Å². The van der Waals surface area contributed by atoms with Crippen LogP contribution in [0.4, 0.5) is 0 Å². The molecule has 0 aliphatic heterocycles. The number of nitrogens with one attached hydrogen (secondary N) is 2. The number of benzene rings is 2. The molecule has 25 heavy (non-hydrogen) atoms. The summed E-state index contributed by atoms with van der Waals surface area (Å²) in [5.74, 6) is 0.767. The highest BCUT2D eigenvalue weighted by molar-refractivity contribution is 5.97. The summed E-state index contributed by atoms with van der Waals surface area (Å²) in [4.78, 5) is 27.8. The van der Waals surface area contributed by atoms with Crippen molar-refractivity contribution in [2.45, 2.75) is 6.54 Å². The van der Waals surface area contributed by atoms with E-state index in [2.05, 4.69) is 10.3 Å². The third kappa shape index (κ3) is 3.33. The zero-order valence-electron chi connectivity index (χ0n) is 14.0. The SMILES string of the molecule is COc1ccc(CNC(=O)c2c[nH]c3ccccc3c2=O)cc1OC. The summed E-state index contributed by atoms with van der Waals surface area (Å²) in [6.07, 6.45) is 1.44. The summed E-state index contributed by atoms with van der Waals surface area (Å²) in [5.41, 5.74) is 1.32. The second-order valence-corrected chi connectivity index (χ2v) is 5.45. The predicted molar refractivity (Wildman–Crippen MR) is 95.3 cm³/mol. The van der Waals surface area contributed by atoms with Crippen molar-refractivity contribution in [2.75, 3.05) is 14.2 Å². The lowest BCUT2D eigenvalue weighted by atomic mass is 10.1. The standard InChI is InChI=1S/C19H18N2O4/c1-24-16-8-7-12(9-17(16)25-2)10-21-19(23)14-11-20-15-6-4-3-5-13(15)18(14)22/h3-9,11H,10H2,1-2H3,(H,20,22)(H,21,23). The van der Waals surface area contributed by atoms with Gasteiger partial charge in [0.1, 0.15) is 5.56 Å². The molecule has 1 aromatic heterocycles. The van der Waals surface area contributed by atoms with Crippen LogP contribution >= 0.6 is 0 Å². The van der Waals surface area contributed by atoms with Crippen LogP contribution in [0, 0.1) is 0 Å². The molecule has 6 heteroatoms. The Morgan fingerprint density at radius 2 is 1.84 bits per heavy atom. The summed E-state index contributed by atoms with van der Waals surface area (Å²) in [5, 5.41) is 3.24. The van der Waals surface area contributed by atoms with Gasteiger partial charge in [0, 0.05) is 23.6 Å². The van der Waals surface area contributed by atoms with Gasteiger partial charge in [-0.15, -0.1) is 0 Å². The Hall–Kier alpha value is -3.28. The van der Waals surface area contributed by atoms with Gasteiger partial charge < -0.3 is 19.8 Å². The summed E-state index contributed by atoms with van der Waals surface area (Å²) < 4.78 is 10.4. The Kier molecular flexibility index (Phi) is 4.70. The molecule has 1 amide bonds. The summed E-state index contributed by atoms with van der Waals surface area (Å²) >= 11 is 0. The van der Waals surface area contributed by atoms with Crippen LogP contribution in [0.25, 0.3) is 10.9 Å². The largest absolute Gasteiger partial charge is 0.493 e. The molecule has 0 spiro atoms. The first kappa shape index (κ1) is 16.6. The number of aromatic nitrogens is 1. The number of H-pyrrole nitrogens is 1. The van der Waals surface area contributed by atoms with Crippen LogP contribution in [0.15, 0.2) is 53.5 Å². The highest BCUT2D eigenvalue weighted by atomic mass is 16.5. The Morgan fingerprint density at radius 1 is 1.08 bits per heavy atom. The zero-order valence-corrected chi connectivity index (χ0v) is 14.0. The van der Waals surface area contributed by atoms with Gasteiger partial charge in [0.15, 0.2) is 11.5 Å².